The summed E-state index contributed by atoms with van der Waals surface area (Å²) in [5.41, 5.74) is 0. The highest BCUT2D eigenvalue weighted by Crippen LogP contribution is 2.23. The first kappa shape index (κ1) is 8.83. The average Bonchev–Trinajstić information content (AvgIpc) is 2.03. The molecule has 0 amide bonds. The van der Waals surface area contributed by atoms with Crippen molar-refractivity contribution in [2.24, 2.45) is 11.8 Å². The van der Waals surface area contributed by atoms with Gasteiger partial charge < -0.3 is 0 Å². The molecular formula is C11H20. The molecule has 0 aromatic heterocycles. The van der Waals surface area contributed by atoms with Crippen LogP contribution in [0.15, 0.2) is 12.2 Å². The second-order valence-corrected chi connectivity index (χ2v) is 4.09. The molecule has 0 saturated heterocycles. The quantitative estimate of drug-likeness (QED) is 0.540. The summed E-state index contributed by atoms with van der Waals surface area (Å²) in [6.45, 7) is 4.62. The third-order valence-corrected chi connectivity index (χ3v) is 2.47. The summed E-state index contributed by atoms with van der Waals surface area (Å²) in [5.74, 6) is 1.79. The van der Waals surface area contributed by atoms with Crippen LogP contribution >= 0.6 is 0 Å². The molecule has 0 aromatic carbocycles. The van der Waals surface area contributed by atoms with Crippen molar-refractivity contribution in [3.63, 3.8) is 0 Å². The molecule has 1 rings (SSSR count). The zero-order valence-electron chi connectivity index (χ0n) is 7.84. The molecule has 1 atom stereocenters. The fraction of sp³-hybridized carbons (Fsp3) is 0.818. The molecule has 64 valence electrons. The summed E-state index contributed by atoms with van der Waals surface area (Å²) < 4.78 is 0. The Morgan fingerprint density at radius 3 is 2.82 bits per heavy atom. The van der Waals surface area contributed by atoms with Gasteiger partial charge in [-0.15, -0.1) is 0 Å². The summed E-state index contributed by atoms with van der Waals surface area (Å²) in [7, 11) is 0. The van der Waals surface area contributed by atoms with Crippen LogP contribution in [0.3, 0.4) is 0 Å². The van der Waals surface area contributed by atoms with Crippen molar-refractivity contribution < 1.29 is 0 Å². The Morgan fingerprint density at radius 2 is 2.27 bits per heavy atom. The largest absolute Gasteiger partial charge is 0.0883 e. The molecule has 0 aliphatic heterocycles. The van der Waals surface area contributed by atoms with Gasteiger partial charge in [-0.05, 0) is 37.5 Å². The fourth-order valence-corrected chi connectivity index (χ4v) is 1.67. The van der Waals surface area contributed by atoms with E-state index in [0.29, 0.717) is 0 Å². The second-order valence-electron chi connectivity index (χ2n) is 4.09. The van der Waals surface area contributed by atoms with Gasteiger partial charge in [-0.1, -0.05) is 32.4 Å². The molecule has 0 radical (unpaired) electrons. The highest BCUT2D eigenvalue weighted by atomic mass is 14.1. The van der Waals surface area contributed by atoms with Crippen molar-refractivity contribution >= 4 is 0 Å². The van der Waals surface area contributed by atoms with Gasteiger partial charge in [-0.25, -0.2) is 0 Å². The Labute approximate surface area is 70.7 Å². The topological polar surface area (TPSA) is 0 Å². The normalized spacial score (nSPS) is 24.5. The van der Waals surface area contributed by atoms with Gasteiger partial charge >= 0.3 is 0 Å². The summed E-state index contributed by atoms with van der Waals surface area (Å²) in [5, 5.41) is 0. The van der Waals surface area contributed by atoms with E-state index in [0.717, 1.165) is 11.8 Å². The van der Waals surface area contributed by atoms with E-state index in [1.807, 2.05) is 0 Å². The van der Waals surface area contributed by atoms with Crippen LogP contribution in [-0.2, 0) is 0 Å². The van der Waals surface area contributed by atoms with Gasteiger partial charge in [0.05, 0.1) is 0 Å². The Bertz CT molecular complexity index is 122. The van der Waals surface area contributed by atoms with Crippen molar-refractivity contribution in [1.29, 1.82) is 0 Å². The van der Waals surface area contributed by atoms with Gasteiger partial charge in [-0.2, -0.15) is 0 Å². The third kappa shape index (κ3) is 3.60. The van der Waals surface area contributed by atoms with Crippen molar-refractivity contribution in [3.8, 4) is 0 Å². The van der Waals surface area contributed by atoms with E-state index in [9.17, 15) is 0 Å². The lowest BCUT2D eigenvalue weighted by molar-refractivity contribution is 0.442. The van der Waals surface area contributed by atoms with E-state index in [2.05, 4.69) is 26.0 Å². The molecule has 1 aliphatic carbocycles. The zero-order valence-corrected chi connectivity index (χ0v) is 7.84. The minimum Gasteiger partial charge on any atom is -0.0883 e. The monoisotopic (exact) mass is 152 g/mol. The smallest absolute Gasteiger partial charge is 0.0233 e. The Kier molecular flexibility index (Phi) is 3.68. The van der Waals surface area contributed by atoms with Gasteiger partial charge in [0.2, 0.25) is 0 Å². The summed E-state index contributed by atoms with van der Waals surface area (Å²) in [6, 6.07) is 0. The SMILES string of the molecule is CC(C)CC[C@H]1C=CCCC1. The molecule has 1 aliphatic rings. The van der Waals surface area contributed by atoms with Crippen LogP contribution in [0.5, 0.6) is 0 Å². The van der Waals surface area contributed by atoms with E-state index in [-0.39, 0.29) is 0 Å². The summed E-state index contributed by atoms with van der Waals surface area (Å²) >= 11 is 0. The lowest BCUT2D eigenvalue weighted by Crippen LogP contribution is -2.02. The van der Waals surface area contributed by atoms with E-state index in [4.69, 9.17) is 0 Å². The molecule has 0 saturated carbocycles. The Hall–Kier alpha value is -0.260. The molecule has 0 spiro atoms. The molecule has 0 heterocycles. The maximum Gasteiger partial charge on any atom is -0.0233 e. The lowest BCUT2D eigenvalue weighted by Gasteiger charge is -2.16. The van der Waals surface area contributed by atoms with Crippen LogP contribution < -0.4 is 0 Å². The van der Waals surface area contributed by atoms with Gasteiger partial charge in [0, 0.05) is 0 Å². The molecule has 0 N–H and O–H groups in total. The predicted molar refractivity (Wildman–Crippen MR) is 50.6 cm³/mol. The Morgan fingerprint density at radius 1 is 1.45 bits per heavy atom. The van der Waals surface area contributed by atoms with Crippen LogP contribution in [-0.4, -0.2) is 0 Å². The highest BCUT2D eigenvalue weighted by molar-refractivity contribution is 4.92. The van der Waals surface area contributed by atoms with E-state index >= 15 is 0 Å². The standard InChI is InChI=1S/C11H20/c1-10(2)8-9-11-6-4-3-5-7-11/h4,6,10-11H,3,5,7-9H2,1-2H3/t11-/m0/s1. The van der Waals surface area contributed by atoms with Crippen molar-refractivity contribution in [3.05, 3.63) is 12.2 Å². The molecule has 0 bridgehead atoms. The first-order chi connectivity index (χ1) is 5.29. The first-order valence-corrected chi connectivity index (χ1v) is 4.95. The van der Waals surface area contributed by atoms with E-state index < -0.39 is 0 Å². The van der Waals surface area contributed by atoms with E-state index in [1.54, 1.807) is 0 Å². The first-order valence-electron chi connectivity index (χ1n) is 4.95. The number of hydrogen-bond donors (Lipinski definition) is 0. The van der Waals surface area contributed by atoms with Crippen LogP contribution in [0.2, 0.25) is 0 Å². The third-order valence-electron chi connectivity index (χ3n) is 2.47. The number of allylic oxidation sites excluding steroid dienone is 2. The van der Waals surface area contributed by atoms with Gasteiger partial charge in [0.1, 0.15) is 0 Å². The lowest BCUT2D eigenvalue weighted by atomic mass is 9.90. The van der Waals surface area contributed by atoms with Crippen LogP contribution in [0, 0.1) is 11.8 Å². The fourth-order valence-electron chi connectivity index (χ4n) is 1.67. The molecule has 11 heavy (non-hydrogen) atoms. The maximum atomic E-state index is 2.42. The van der Waals surface area contributed by atoms with Gasteiger partial charge in [0.25, 0.3) is 0 Å². The minimum atomic E-state index is 0.880. The second kappa shape index (κ2) is 4.58. The average molecular weight is 152 g/mol. The minimum absolute atomic E-state index is 0.880. The van der Waals surface area contributed by atoms with Crippen LogP contribution in [0.25, 0.3) is 0 Å². The molecule has 0 unspecified atom stereocenters. The number of rotatable bonds is 3. The van der Waals surface area contributed by atoms with Crippen LogP contribution in [0.4, 0.5) is 0 Å². The van der Waals surface area contributed by atoms with Crippen LogP contribution in [0.1, 0.15) is 46.0 Å². The molecular weight excluding hydrogens is 132 g/mol. The number of hydrogen-bond acceptors (Lipinski definition) is 0. The predicted octanol–water partition coefficient (Wildman–Crippen LogP) is 3.78. The summed E-state index contributed by atoms with van der Waals surface area (Å²) in [4.78, 5) is 0. The van der Waals surface area contributed by atoms with Gasteiger partial charge in [-0.3, -0.25) is 0 Å². The zero-order chi connectivity index (χ0) is 8.10. The van der Waals surface area contributed by atoms with Crippen molar-refractivity contribution in [2.75, 3.05) is 0 Å². The molecule has 0 heteroatoms. The Balaban J connectivity index is 2.15. The van der Waals surface area contributed by atoms with Gasteiger partial charge in [0.15, 0.2) is 0 Å². The molecule has 0 nitrogen and oxygen atoms in total. The highest BCUT2D eigenvalue weighted by Gasteiger charge is 2.08. The molecule has 0 aromatic rings. The summed E-state index contributed by atoms with van der Waals surface area (Å²) in [6.07, 6.45) is 11.8. The van der Waals surface area contributed by atoms with Crippen molar-refractivity contribution in [2.45, 2.75) is 46.0 Å². The maximum absolute atomic E-state index is 2.42. The van der Waals surface area contributed by atoms with Crippen molar-refractivity contribution in [1.82, 2.24) is 0 Å². The van der Waals surface area contributed by atoms with E-state index in [1.165, 1.54) is 32.1 Å². The molecule has 0 fully saturated rings.